The van der Waals surface area contributed by atoms with Crippen LogP contribution in [0.5, 0.6) is 0 Å². The van der Waals surface area contributed by atoms with Crippen LogP contribution in [0.4, 0.5) is 14.9 Å². The number of fused-ring (bicyclic) bond motifs is 1. The number of ketones is 1. The summed E-state index contributed by atoms with van der Waals surface area (Å²) in [6.45, 7) is 3.92. The minimum absolute atomic E-state index is 0.0252. The maximum Gasteiger partial charge on any atom is 0.322 e. The number of para-hydroxylation sites is 2. The lowest BCUT2D eigenvalue weighted by atomic mass is 10.0. The van der Waals surface area contributed by atoms with Crippen molar-refractivity contribution in [3.63, 3.8) is 0 Å². The summed E-state index contributed by atoms with van der Waals surface area (Å²) in [5.74, 6) is -1.78. The molecule has 3 N–H and O–H groups in total. The van der Waals surface area contributed by atoms with E-state index in [1.807, 2.05) is 38.1 Å². The molecule has 2 aromatic carbocycles. The highest BCUT2D eigenvalue weighted by Gasteiger charge is 2.31. The van der Waals surface area contributed by atoms with E-state index in [4.69, 9.17) is 0 Å². The molecule has 4 rings (SSSR count). The largest absolute Gasteiger partial charge is 0.344 e. The molecule has 0 radical (unpaired) electrons. The van der Waals surface area contributed by atoms with E-state index < -0.39 is 35.7 Å². The first kappa shape index (κ1) is 27.7. The summed E-state index contributed by atoms with van der Waals surface area (Å²) in [7, 11) is 0. The Hall–Kier alpha value is -4.34. The van der Waals surface area contributed by atoms with Crippen molar-refractivity contribution in [1.29, 1.82) is 0 Å². The zero-order chi connectivity index (χ0) is 27.9. The minimum Gasteiger partial charge on any atom is -0.344 e. The van der Waals surface area contributed by atoms with Crippen LogP contribution in [0.25, 0.3) is 10.9 Å². The Balaban J connectivity index is 1.39. The van der Waals surface area contributed by atoms with E-state index in [1.165, 1.54) is 23.1 Å². The third-order valence-corrected chi connectivity index (χ3v) is 6.54. The molecule has 1 saturated heterocycles. The van der Waals surface area contributed by atoms with Crippen LogP contribution in [0.15, 0.2) is 60.7 Å². The van der Waals surface area contributed by atoms with E-state index in [0.29, 0.717) is 24.8 Å². The van der Waals surface area contributed by atoms with Gasteiger partial charge in [0.1, 0.15) is 17.6 Å². The molecule has 0 saturated carbocycles. The molecular formula is C29H32FN5O4. The third kappa shape index (κ3) is 7.16. The van der Waals surface area contributed by atoms with Crippen LogP contribution in [0.1, 0.15) is 43.6 Å². The van der Waals surface area contributed by atoms with Crippen LogP contribution in [0.2, 0.25) is 0 Å². The number of benzene rings is 2. The van der Waals surface area contributed by atoms with E-state index in [-0.39, 0.29) is 36.2 Å². The summed E-state index contributed by atoms with van der Waals surface area (Å²) >= 11 is 0. The molecule has 1 fully saturated rings. The number of nitrogens with zero attached hydrogens (tertiary/aromatic N) is 2. The molecule has 10 heteroatoms. The zero-order valence-corrected chi connectivity index (χ0v) is 21.9. The molecule has 4 amide bonds. The first-order chi connectivity index (χ1) is 18.7. The first-order valence-corrected chi connectivity index (χ1v) is 13.0. The molecule has 3 aromatic rings. The van der Waals surface area contributed by atoms with Crippen molar-refractivity contribution in [2.75, 3.05) is 18.4 Å². The van der Waals surface area contributed by atoms with Gasteiger partial charge in [0.05, 0.1) is 23.8 Å². The van der Waals surface area contributed by atoms with Crippen molar-refractivity contribution in [1.82, 2.24) is 20.5 Å². The van der Waals surface area contributed by atoms with E-state index in [0.717, 1.165) is 5.39 Å². The molecule has 1 aliphatic heterocycles. The number of aromatic nitrogens is 1. The fraction of sp³-hybridized carbons (Fsp3) is 0.345. The number of pyridine rings is 1. The number of carbonyl (C=O) groups is 4. The Morgan fingerprint density at radius 3 is 2.56 bits per heavy atom. The number of hydrogen-bond donors (Lipinski definition) is 3. The van der Waals surface area contributed by atoms with Crippen LogP contribution in [0.3, 0.4) is 0 Å². The van der Waals surface area contributed by atoms with Crippen molar-refractivity contribution in [2.24, 2.45) is 5.92 Å². The summed E-state index contributed by atoms with van der Waals surface area (Å²) in [6.07, 6.45) is 1.16. The van der Waals surface area contributed by atoms with Gasteiger partial charge >= 0.3 is 6.03 Å². The van der Waals surface area contributed by atoms with Gasteiger partial charge in [0.15, 0.2) is 5.78 Å². The highest BCUT2D eigenvalue weighted by molar-refractivity contribution is 5.99. The monoisotopic (exact) mass is 533 g/mol. The number of urea groups is 1. The maximum absolute atomic E-state index is 13.9. The summed E-state index contributed by atoms with van der Waals surface area (Å²) in [5.41, 5.74) is 0.886. The van der Waals surface area contributed by atoms with Crippen LogP contribution < -0.4 is 16.0 Å². The number of amides is 4. The predicted octanol–water partition coefficient (Wildman–Crippen LogP) is 3.90. The fourth-order valence-electron chi connectivity index (χ4n) is 4.51. The van der Waals surface area contributed by atoms with Crippen molar-refractivity contribution in [3.8, 4) is 0 Å². The smallest absolute Gasteiger partial charge is 0.322 e. The number of halogens is 1. The summed E-state index contributed by atoms with van der Waals surface area (Å²) in [5, 5.41) is 8.94. The van der Waals surface area contributed by atoms with Gasteiger partial charge in [-0.15, -0.1) is 0 Å². The van der Waals surface area contributed by atoms with Crippen LogP contribution in [0, 0.1) is 11.7 Å². The normalized spacial score (nSPS) is 16.5. The molecule has 2 atom stereocenters. The van der Waals surface area contributed by atoms with Gasteiger partial charge in [-0.05, 0) is 49.4 Å². The van der Waals surface area contributed by atoms with Crippen LogP contribution in [-0.4, -0.2) is 58.7 Å². The molecular weight excluding hydrogens is 501 g/mol. The highest BCUT2D eigenvalue weighted by Crippen LogP contribution is 2.16. The van der Waals surface area contributed by atoms with Crippen molar-refractivity contribution < 1.29 is 23.6 Å². The highest BCUT2D eigenvalue weighted by atomic mass is 19.1. The van der Waals surface area contributed by atoms with Gasteiger partial charge in [0.25, 0.3) is 5.91 Å². The number of rotatable bonds is 7. The molecule has 1 aliphatic rings. The lowest BCUT2D eigenvalue weighted by Crippen LogP contribution is -2.53. The second-order valence-corrected chi connectivity index (χ2v) is 10.0. The molecule has 0 unspecified atom stereocenters. The summed E-state index contributed by atoms with van der Waals surface area (Å²) in [6, 6.07) is 14.3. The lowest BCUT2D eigenvalue weighted by Gasteiger charge is -2.23. The third-order valence-electron chi connectivity index (χ3n) is 6.54. The van der Waals surface area contributed by atoms with Gasteiger partial charge in [-0.2, -0.15) is 0 Å². The van der Waals surface area contributed by atoms with Crippen molar-refractivity contribution in [3.05, 3.63) is 72.2 Å². The number of Topliss-reactive ketones (excluding diaryl/α,β-unsaturated/α-hetero) is 1. The molecule has 1 aromatic heterocycles. The SMILES string of the molecule is CC(C)C[C@H](NC(=O)c1ccc2ccccc2n1)C(=O)N[C@H]1CCCN(C(=O)Nc2ccccc2F)CC1=O. The van der Waals surface area contributed by atoms with E-state index in [9.17, 15) is 23.6 Å². The number of hydrogen-bond acceptors (Lipinski definition) is 5. The Morgan fingerprint density at radius 2 is 1.79 bits per heavy atom. The second kappa shape index (κ2) is 12.5. The Bertz CT molecular complexity index is 1380. The van der Waals surface area contributed by atoms with Gasteiger partial charge in [-0.25, -0.2) is 14.2 Å². The average Bonchev–Trinajstić information content (AvgIpc) is 3.10. The quantitative estimate of drug-likeness (QED) is 0.426. The van der Waals surface area contributed by atoms with E-state index in [2.05, 4.69) is 20.9 Å². The molecule has 204 valence electrons. The summed E-state index contributed by atoms with van der Waals surface area (Å²) in [4.78, 5) is 57.6. The number of anilines is 1. The number of nitrogens with one attached hydrogen (secondary N) is 3. The Labute approximate surface area is 226 Å². The molecule has 0 bridgehead atoms. The van der Waals surface area contributed by atoms with Gasteiger partial charge in [0, 0.05) is 11.9 Å². The topological polar surface area (TPSA) is 120 Å². The van der Waals surface area contributed by atoms with Gasteiger partial charge in [-0.1, -0.05) is 50.2 Å². The molecule has 2 heterocycles. The number of carbonyl (C=O) groups excluding carboxylic acids is 4. The number of likely N-dealkylation sites (tertiary alicyclic amines) is 1. The van der Waals surface area contributed by atoms with Crippen LogP contribution in [-0.2, 0) is 9.59 Å². The average molecular weight is 534 g/mol. The van der Waals surface area contributed by atoms with Gasteiger partial charge in [-0.3, -0.25) is 14.4 Å². The van der Waals surface area contributed by atoms with Crippen molar-refractivity contribution >= 4 is 40.2 Å². The Kier molecular flexibility index (Phi) is 8.85. The van der Waals surface area contributed by atoms with Gasteiger partial charge < -0.3 is 20.9 Å². The summed E-state index contributed by atoms with van der Waals surface area (Å²) < 4.78 is 13.9. The van der Waals surface area contributed by atoms with Crippen LogP contribution >= 0.6 is 0 Å². The predicted molar refractivity (Wildman–Crippen MR) is 146 cm³/mol. The molecule has 39 heavy (non-hydrogen) atoms. The molecule has 9 nitrogen and oxygen atoms in total. The lowest BCUT2D eigenvalue weighted by molar-refractivity contribution is -0.129. The van der Waals surface area contributed by atoms with E-state index in [1.54, 1.807) is 18.2 Å². The molecule has 0 aliphatic carbocycles. The fourth-order valence-corrected chi connectivity index (χ4v) is 4.51. The Morgan fingerprint density at radius 1 is 1.05 bits per heavy atom. The first-order valence-electron chi connectivity index (χ1n) is 13.0. The molecule has 0 spiro atoms. The minimum atomic E-state index is -0.873. The second-order valence-electron chi connectivity index (χ2n) is 10.0. The zero-order valence-electron chi connectivity index (χ0n) is 21.9. The standard InChI is InChI=1S/C29H32FN5O4/c1-18(2)16-25(33-27(37)24-14-13-19-8-3-5-10-21(19)31-24)28(38)32-23-12-7-15-35(17-26(23)36)29(39)34-22-11-6-4-9-20(22)30/h3-6,8-11,13-14,18,23,25H,7,12,15-17H2,1-2H3,(H,32,38)(H,33,37)(H,34,39)/t23-,25-/m0/s1. The van der Waals surface area contributed by atoms with Crippen molar-refractivity contribution in [2.45, 2.75) is 45.2 Å². The maximum atomic E-state index is 13.9. The van der Waals surface area contributed by atoms with E-state index >= 15 is 0 Å². The van der Waals surface area contributed by atoms with Gasteiger partial charge in [0.2, 0.25) is 5.91 Å².